The molecule has 2 rings (SSSR count). The predicted octanol–water partition coefficient (Wildman–Crippen LogP) is 3.23. The molecule has 2 aromatic rings. The largest absolute Gasteiger partial charge is 0.300 e. The third kappa shape index (κ3) is 4.26. The third-order valence-corrected chi connectivity index (χ3v) is 3.09. The quantitative estimate of drug-likeness (QED) is 0.729. The number of halogens is 1. The number of aromatic nitrogens is 3. The van der Waals surface area contributed by atoms with Crippen molar-refractivity contribution in [2.24, 2.45) is 0 Å². The lowest BCUT2D eigenvalue weighted by Crippen LogP contribution is -1.99. The van der Waals surface area contributed by atoms with E-state index in [0.717, 1.165) is 37.1 Å². The second kappa shape index (κ2) is 6.93. The molecule has 0 bridgehead atoms. The van der Waals surface area contributed by atoms with Gasteiger partial charge in [-0.3, -0.25) is 4.68 Å². The number of rotatable bonds is 7. The molecule has 0 radical (unpaired) electrons. The van der Waals surface area contributed by atoms with Crippen molar-refractivity contribution in [3.8, 4) is 11.3 Å². The molecule has 0 atom stereocenters. The van der Waals surface area contributed by atoms with Crippen molar-refractivity contribution in [3.63, 3.8) is 0 Å². The van der Waals surface area contributed by atoms with Crippen LogP contribution in [0.15, 0.2) is 30.5 Å². The molecule has 0 aliphatic rings. The minimum absolute atomic E-state index is 0.240. The van der Waals surface area contributed by atoms with Gasteiger partial charge in [0.25, 0.3) is 0 Å². The van der Waals surface area contributed by atoms with E-state index in [1.807, 2.05) is 6.20 Å². The number of Topliss-reactive ketones (excluding diaryl/α,β-unsaturated/α-hetero) is 1. The van der Waals surface area contributed by atoms with E-state index in [1.54, 1.807) is 23.7 Å². The average molecular weight is 275 g/mol. The fraction of sp³-hybridized carbons (Fsp3) is 0.400. The molecule has 0 amide bonds. The fourth-order valence-electron chi connectivity index (χ4n) is 1.99. The SMILES string of the molecule is CC(=O)CCCCCn1cc(-c2ccc(F)cc2)nn1. The highest BCUT2D eigenvalue weighted by atomic mass is 19.1. The van der Waals surface area contributed by atoms with E-state index in [2.05, 4.69) is 10.3 Å². The molecule has 4 nitrogen and oxygen atoms in total. The maximum Gasteiger partial charge on any atom is 0.129 e. The Morgan fingerprint density at radius 1 is 1.20 bits per heavy atom. The zero-order valence-corrected chi connectivity index (χ0v) is 11.6. The number of hydrogen-bond acceptors (Lipinski definition) is 3. The van der Waals surface area contributed by atoms with Gasteiger partial charge in [0.1, 0.15) is 17.3 Å². The molecule has 1 heterocycles. The zero-order chi connectivity index (χ0) is 14.4. The number of nitrogens with zero attached hydrogens (tertiary/aromatic N) is 3. The molecule has 0 fully saturated rings. The van der Waals surface area contributed by atoms with Gasteiger partial charge in [-0.15, -0.1) is 5.10 Å². The van der Waals surface area contributed by atoms with Crippen LogP contribution in [0.2, 0.25) is 0 Å². The molecule has 5 heteroatoms. The van der Waals surface area contributed by atoms with Crippen LogP contribution in [0, 0.1) is 5.82 Å². The van der Waals surface area contributed by atoms with Gasteiger partial charge in [-0.25, -0.2) is 4.39 Å². The van der Waals surface area contributed by atoms with Crippen LogP contribution in [0.4, 0.5) is 4.39 Å². The molecule has 0 saturated carbocycles. The van der Waals surface area contributed by atoms with Crippen molar-refractivity contribution < 1.29 is 9.18 Å². The van der Waals surface area contributed by atoms with Crippen LogP contribution in [0.3, 0.4) is 0 Å². The second-order valence-corrected chi connectivity index (χ2v) is 4.89. The van der Waals surface area contributed by atoms with Gasteiger partial charge in [-0.05, 0) is 44.0 Å². The van der Waals surface area contributed by atoms with E-state index in [1.165, 1.54) is 12.1 Å². The van der Waals surface area contributed by atoms with E-state index in [0.29, 0.717) is 6.42 Å². The summed E-state index contributed by atoms with van der Waals surface area (Å²) in [6.07, 6.45) is 5.41. The van der Waals surface area contributed by atoms with Crippen molar-refractivity contribution in [3.05, 3.63) is 36.3 Å². The number of ketones is 1. The summed E-state index contributed by atoms with van der Waals surface area (Å²) in [4.78, 5) is 10.8. The lowest BCUT2D eigenvalue weighted by Gasteiger charge is -1.99. The van der Waals surface area contributed by atoms with Crippen LogP contribution in [-0.2, 0) is 11.3 Å². The van der Waals surface area contributed by atoms with Crippen molar-refractivity contribution in [2.75, 3.05) is 0 Å². The molecule has 0 unspecified atom stereocenters. The number of unbranched alkanes of at least 4 members (excludes halogenated alkanes) is 2. The Balaban J connectivity index is 1.83. The summed E-state index contributed by atoms with van der Waals surface area (Å²) in [7, 11) is 0. The molecule has 0 saturated heterocycles. The first-order valence-electron chi connectivity index (χ1n) is 6.80. The van der Waals surface area contributed by atoms with E-state index in [-0.39, 0.29) is 11.6 Å². The van der Waals surface area contributed by atoms with E-state index >= 15 is 0 Å². The summed E-state index contributed by atoms with van der Waals surface area (Å²) in [6, 6.07) is 6.21. The van der Waals surface area contributed by atoms with Crippen molar-refractivity contribution in [2.45, 2.75) is 39.2 Å². The normalized spacial score (nSPS) is 10.7. The van der Waals surface area contributed by atoms with Crippen LogP contribution >= 0.6 is 0 Å². The van der Waals surface area contributed by atoms with Crippen LogP contribution < -0.4 is 0 Å². The maximum atomic E-state index is 12.8. The summed E-state index contributed by atoms with van der Waals surface area (Å²) >= 11 is 0. The Hall–Kier alpha value is -2.04. The molecule has 1 aromatic carbocycles. The number of aryl methyl sites for hydroxylation is 1. The van der Waals surface area contributed by atoms with Gasteiger partial charge in [0.05, 0.1) is 6.20 Å². The first-order valence-corrected chi connectivity index (χ1v) is 6.80. The van der Waals surface area contributed by atoms with E-state index < -0.39 is 0 Å². The standard InChI is InChI=1S/C15H18FN3O/c1-12(20)5-3-2-4-10-19-11-15(17-18-19)13-6-8-14(16)9-7-13/h6-9,11H,2-5,10H2,1H3. The van der Waals surface area contributed by atoms with Crippen molar-refractivity contribution in [1.82, 2.24) is 15.0 Å². The lowest BCUT2D eigenvalue weighted by atomic mass is 10.1. The highest BCUT2D eigenvalue weighted by molar-refractivity contribution is 5.75. The molecule has 20 heavy (non-hydrogen) atoms. The molecule has 0 aliphatic heterocycles. The van der Waals surface area contributed by atoms with Gasteiger partial charge in [-0.2, -0.15) is 0 Å². The summed E-state index contributed by atoms with van der Waals surface area (Å²) in [6.45, 7) is 2.40. The Morgan fingerprint density at radius 3 is 2.65 bits per heavy atom. The van der Waals surface area contributed by atoms with Gasteiger partial charge in [0, 0.05) is 18.5 Å². The highest BCUT2D eigenvalue weighted by Gasteiger charge is 2.04. The second-order valence-electron chi connectivity index (χ2n) is 4.89. The maximum absolute atomic E-state index is 12.8. The molecule has 106 valence electrons. The predicted molar refractivity (Wildman–Crippen MR) is 74.6 cm³/mol. The van der Waals surface area contributed by atoms with Gasteiger partial charge in [0.2, 0.25) is 0 Å². The van der Waals surface area contributed by atoms with E-state index in [4.69, 9.17) is 0 Å². The number of hydrogen-bond donors (Lipinski definition) is 0. The fourth-order valence-corrected chi connectivity index (χ4v) is 1.99. The Kier molecular flexibility index (Phi) is 4.98. The molecule has 1 aromatic heterocycles. The third-order valence-electron chi connectivity index (χ3n) is 3.09. The molecule has 0 aliphatic carbocycles. The summed E-state index contributed by atoms with van der Waals surface area (Å²) in [5.41, 5.74) is 1.60. The Labute approximate surface area is 117 Å². The van der Waals surface area contributed by atoms with Gasteiger partial charge < -0.3 is 4.79 Å². The Morgan fingerprint density at radius 2 is 1.95 bits per heavy atom. The number of carbonyl (C=O) groups excluding carboxylic acids is 1. The number of benzene rings is 1. The van der Waals surface area contributed by atoms with Crippen molar-refractivity contribution >= 4 is 5.78 Å². The Bertz CT molecular complexity index is 563. The summed E-state index contributed by atoms with van der Waals surface area (Å²) in [5.74, 6) is -0.0176. The van der Waals surface area contributed by atoms with Crippen LogP contribution in [0.1, 0.15) is 32.6 Å². The summed E-state index contributed by atoms with van der Waals surface area (Å²) in [5, 5.41) is 8.13. The first-order chi connectivity index (χ1) is 9.65. The van der Waals surface area contributed by atoms with Gasteiger partial charge in [-0.1, -0.05) is 11.6 Å². The zero-order valence-electron chi connectivity index (χ0n) is 11.6. The van der Waals surface area contributed by atoms with Crippen molar-refractivity contribution in [1.29, 1.82) is 0 Å². The number of carbonyl (C=O) groups is 1. The first kappa shape index (κ1) is 14.4. The minimum atomic E-state index is -0.258. The average Bonchev–Trinajstić information content (AvgIpc) is 2.87. The highest BCUT2D eigenvalue weighted by Crippen LogP contribution is 2.16. The van der Waals surface area contributed by atoms with E-state index in [9.17, 15) is 9.18 Å². The van der Waals surface area contributed by atoms with Crippen LogP contribution in [0.5, 0.6) is 0 Å². The monoisotopic (exact) mass is 275 g/mol. The van der Waals surface area contributed by atoms with Crippen LogP contribution in [0.25, 0.3) is 11.3 Å². The van der Waals surface area contributed by atoms with Gasteiger partial charge in [0.15, 0.2) is 0 Å². The summed E-state index contributed by atoms with van der Waals surface area (Å²) < 4.78 is 14.6. The topological polar surface area (TPSA) is 47.8 Å². The molecular weight excluding hydrogens is 257 g/mol. The molecule has 0 spiro atoms. The molecular formula is C15H18FN3O. The lowest BCUT2D eigenvalue weighted by molar-refractivity contribution is -0.117. The smallest absolute Gasteiger partial charge is 0.129 e. The molecule has 0 N–H and O–H groups in total. The minimum Gasteiger partial charge on any atom is -0.300 e. The van der Waals surface area contributed by atoms with Gasteiger partial charge >= 0.3 is 0 Å². The van der Waals surface area contributed by atoms with Crippen LogP contribution in [-0.4, -0.2) is 20.8 Å².